The molecule has 8 heteroatoms. The Morgan fingerprint density at radius 1 is 1.25 bits per heavy atom. The second-order valence-corrected chi connectivity index (χ2v) is 6.45. The molecule has 0 unspecified atom stereocenters. The van der Waals surface area contributed by atoms with Gasteiger partial charge < -0.3 is 19.5 Å². The first kappa shape index (κ1) is 16.9. The van der Waals surface area contributed by atoms with Gasteiger partial charge in [-0.05, 0) is 25.7 Å². The number of aromatic nitrogens is 2. The summed E-state index contributed by atoms with van der Waals surface area (Å²) in [7, 11) is 1.57. The van der Waals surface area contributed by atoms with Gasteiger partial charge in [-0.15, -0.1) is 0 Å². The Balaban J connectivity index is 1.35. The summed E-state index contributed by atoms with van der Waals surface area (Å²) in [6, 6.07) is 0. The minimum absolute atomic E-state index is 0.0139. The Morgan fingerprint density at radius 3 is 2.67 bits per heavy atom. The van der Waals surface area contributed by atoms with Gasteiger partial charge in [-0.25, -0.2) is 0 Å². The van der Waals surface area contributed by atoms with Crippen molar-refractivity contribution in [2.24, 2.45) is 11.8 Å². The number of hydrogen-bond acceptors (Lipinski definition) is 6. The number of carbonyl (C=O) groups excluding carboxylic acids is 2. The van der Waals surface area contributed by atoms with Gasteiger partial charge in [0.1, 0.15) is 6.61 Å². The Labute approximate surface area is 140 Å². The minimum atomic E-state index is -0.0139. The van der Waals surface area contributed by atoms with Crippen molar-refractivity contribution in [2.45, 2.75) is 38.7 Å². The van der Waals surface area contributed by atoms with E-state index < -0.39 is 0 Å². The van der Waals surface area contributed by atoms with Crippen molar-refractivity contribution in [3.05, 3.63) is 11.7 Å². The number of piperidine rings is 1. The first-order chi connectivity index (χ1) is 11.7. The van der Waals surface area contributed by atoms with Crippen LogP contribution in [0.2, 0.25) is 0 Å². The lowest BCUT2D eigenvalue weighted by molar-refractivity contribution is -0.136. The number of amides is 2. The third-order valence-electron chi connectivity index (χ3n) is 4.53. The fourth-order valence-electron chi connectivity index (χ4n) is 2.97. The standard InChI is InChI=1S/C16H24N4O4/c1-23-10-13-18-14(24-19-13)4-7-17-15(21)11-5-8-20(9-6-11)16(22)12-2-3-12/h11-12H,2-10H2,1H3,(H,17,21). The van der Waals surface area contributed by atoms with Gasteiger partial charge in [-0.2, -0.15) is 4.98 Å². The summed E-state index contributed by atoms with van der Waals surface area (Å²) in [4.78, 5) is 30.3. The molecule has 132 valence electrons. The second-order valence-electron chi connectivity index (χ2n) is 6.45. The molecule has 0 radical (unpaired) electrons. The lowest BCUT2D eigenvalue weighted by Gasteiger charge is -2.31. The number of nitrogens with zero attached hydrogens (tertiary/aromatic N) is 3. The van der Waals surface area contributed by atoms with E-state index in [1.54, 1.807) is 7.11 Å². The third kappa shape index (κ3) is 4.31. The van der Waals surface area contributed by atoms with E-state index >= 15 is 0 Å². The Bertz CT molecular complexity index is 576. The van der Waals surface area contributed by atoms with E-state index in [1.807, 2.05) is 4.90 Å². The van der Waals surface area contributed by atoms with Crippen molar-refractivity contribution in [2.75, 3.05) is 26.7 Å². The molecule has 0 aromatic carbocycles. The molecule has 0 bridgehead atoms. The summed E-state index contributed by atoms with van der Waals surface area (Å²) in [5, 5.41) is 6.70. The van der Waals surface area contributed by atoms with Crippen molar-refractivity contribution in [3.8, 4) is 0 Å². The van der Waals surface area contributed by atoms with E-state index in [9.17, 15) is 9.59 Å². The van der Waals surface area contributed by atoms with Crippen LogP contribution in [0.1, 0.15) is 37.4 Å². The maximum absolute atomic E-state index is 12.2. The molecule has 1 saturated carbocycles. The molecule has 1 aliphatic heterocycles. The Hall–Kier alpha value is -1.96. The monoisotopic (exact) mass is 336 g/mol. The van der Waals surface area contributed by atoms with Crippen molar-refractivity contribution in [1.29, 1.82) is 0 Å². The normalized spacial score (nSPS) is 18.6. The fraction of sp³-hybridized carbons (Fsp3) is 0.750. The molecular weight excluding hydrogens is 312 g/mol. The van der Waals surface area contributed by atoms with Gasteiger partial charge in [0.05, 0.1) is 0 Å². The number of carbonyl (C=O) groups is 2. The molecule has 1 aromatic rings. The smallest absolute Gasteiger partial charge is 0.228 e. The van der Waals surface area contributed by atoms with Gasteiger partial charge in [0.15, 0.2) is 5.82 Å². The van der Waals surface area contributed by atoms with Crippen molar-refractivity contribution < 1.29 is 18.8 Å². The summed E-state index contributed by atoms with van der Waals surface area (Å²) >= 11 is 0. The van der Waals surface area contributed by atoms with Crippen LogP contribution in [0, 0.1) is 11.8 Å². The van der Waals surface area contributed by atoms with Crippen molar-refractivity contribution in [1.82, 2.24) is 20.4 Å². The lowest BCUT2D eigenvalue weighted by Crippen LogP contribution is -2.43. The number of methoxy groups -OCH3 is 1. The van der Waals surface area contributed by atoms with E-state index in [0.29, 0.717) is 44.4 Å². The van der Waals surface area contributed by atoms with Gasteiger partial charge >= 0.3 is 0 Å². The SMILES string of the molecule is COCc1noc(CCNC(=O)C2CCN(C(=O)C3CC3)CC2)n1. The Morgan fingerprint density at radius 2 is 2.00 bits per heavy atom. The molecular formula is C16H24N4O4. The second kappa shape index (κ2) is 7.74. The van der Waals surface area contributed by atoms with Crippen LogP contribution in [0.15, 0.2) is 4.52 Å². The quantitative estimate of drug-likeness (QED) is 0.780. The average molecular weight is 336 g/mol. The minimum Gasteiger partial charge on any atom is -0.377 e. The summed E-state index contributed by atoms with van der Waals surface area (Å²) in [5.41, 5.74) is 0. The number of likely N-dealkylation sites (tertiary alicyclic amines) is 1. The number of ether oxygens (including phenoxy) is 1. The molecule has 0 spiro atoms. The zero-order valence-corrected chi connectivity index (χ0v) is 14.0. The largest absolute Gasteiger partial charge is 0.377 e. The van der Waals surface area contributed by atoms with Crippen LogP contribution >= 0.6 is 0 Å². The van der Waals surface area contributed by atoms with E-state index in [0.717, 1.165) is 25.7 Å². The zero-order chi connectivity index (χ0) is 16.9. The maximum Gasteiger partial charge on any atom is 0.228 e. The molecule has 1 aliphatic carbocycles. The Kier molecular flexibility index (Phi) is 5.44. The topological polar surface area (TPSA) is 97.6 Å². The molecule has 2 amide bonds. The van der Waals surface area contributed by atoms with E-state index in [2.05, 4.69) is 15.5 Å². The van der Waals surface area contributed by atoms with E-state index in [1.165, 1.54) is 0 Å². The average Bonchev–Trinajstić information content (AvgIpc) is 3.36. The molecule has 2 heterocycles. The number of nitrogens with one attached hydrogen (secondary N) is 1. The van der Waals surface area contributed by atoms with Gasteiger partial charge in [0.25, 0.3) is 0 Å². The summed E-state index contributed by atoms with van der Waals surface area (Å²) in [6.07, 6.45) is 4.04. The molecule has 1 aromatic heterocycles. The molecule has 24 heavy (non-hydrogen) atoms. The van der Waals surface area contributed by atoms with E-state index in [4.69, 9.17) is 9.26 Å². The highest BCUT2D eigenvalue weighted by atomic mass is 16.5. The molecule has 2 fully saturated rings. The van der Waals surface area contributed by atoms with Crippen LogP contribution < -0.4 is 5.32 Å². The third-order valence-corrected chi connectivity index (χ3v) is 4.53. The summed E-state index contributed by atoms with van der Waals surface area (Å²) < 4.78 is 10.0. The molecule has 3 rings (SSSR count). The van der Waals surface area contributed by atoms with Crippen LogP contribution in [0.25, 0.3) is 0 Å². The lowest BCUT2D eigenvalue weighted by atomic mass is 9.95. The first-order valence-electron chi connectivity index (χ1n) is 8.54. The molecule has 1 saturated heterocycles. The first-order valence-corrected chi connectivity index (χ1v) is 8.54. The highest BCUT2D eigenvalue weighted by Crippen LogP contribution is 2.32. The number of hydrogen-bond donors (Lipinski definition) is 1. The predicted molar refractivity (Wildman–Crippen MR) is 83.8 cm³/mol. The molecule has 8 nitrogen and oxygen atoms in total. The van der Waals surface area contributed by atoms with Gasteiger partial charge in [-0.3, -0.25) is 9.59 Å². The maximum atomic E-state index is 12.2. The van der Waals surface area contributed by atoms with Crippen molar-refractivity contribution in [3.63, 3.8) is 0 Å². The van der Waals surface area contributed by atoms with Crippen molar-refractivity contribution >= 4 is 11.8 Å². The highest BCUT2D eigenvalue weighted by Gasteiger charge is 2.35. The van der Waals surface area contributed by atoms with Gasteiger partial charge in [0.2, 0.25) is 17.7 Å². The van der Waals surface area contributed by atoms with Gasteiger partial charge in [-0.1, -0.05) is 5.16 Å². The zero-order valence-electron chi connectivity index (χ0n) is 14.0. The van der Waals surface area contributed by atoms with Crippen LogP contribution in [-0.2, 0) is 27.4 Å². The summed E-state index contributed by atoms with van der Waals surface area (Å²) in [6.45, 7) is 2.16. The predicted octanol–water partition coefficient (Wildman–Crippen LogP) is 0.523. The van der Waals surface area contributed by atoms with Crippen LogP contribution in [0.5, 0.6) is 0 Å². The van der Waals surface area contributed by atoms with E-state index in [-0.39, 0.29) is 23.7 Å². The van der Waals surface area contributed by atoms with Gasteiger partial charge in [0, 0.05) is 45.0 Å². The molecule has 1 N–H and O–H groups in total. The van der Waals surface area contributed by atoms with Crippen LogP contribution in [0.3, 0.4) is 0 Å². The molecule has 0 atom stereocenters. The molecule has 2 aliphatic rings. The fourth-order valence-corrected chi connectivity index (χ4v) is 2.97. The highest BCUT2D eigenvalue weighted by molar-refractivity contribution is 5.82. The van der Waals surface area contributed by atoms with Crippen LogP contribution in [-0.4, -0.2) is 53.6 Å². The number of rotatable bonds is 7. The van der Waals surface area contributed by atoms with Crippen LogP contribution in [0.4, 0.5) is 0 Å². The summed E-state index contributed by atoms with van der Waals surface area (Å²) in [5.74, 6) is 1.56.